The molecule has 1 atom stereocenters. The average Bonchev–Trinajstić information content (AvgIpc) is 3.03. The van der Waals surface area contributed by atoms with Crippen LogP contribution in [0.4, 0.5) is 0 Å². The summed E-state index contributed by atoms with van der Waals surface area (Å²) in [5.74, 6) is 0.721. The lowest BCUT2D eigenvalue weighted by molar-refractivity contribution is 0.542. The van der Waals surface area contributed by atoms with Crippen molar-refractivity contribution in [3.05, 3.63) is 41.6 Å². The third-order valence-electron chi connectivity index (χ3n) is 3.52. The van der Waals surface area contributed by atoms with Gasteiger partial charge in [0.05, 0.1) is 7.57 Å². The largest absolute Gasteiger partial charge is 0.133 e. The maximum atomic E-state index is 3.60. The first-order valence-electron chi connectivity index (χ1n) is 7.18. The van der Waals surface area contributed by atoms with Crippen LogP contribution in [0.1, 0.15) is 54.7 Å². The van der Waals surface area contributed by atoms with Gasteiger partial charge in [0.25, 0.3) is 0 Å². The molecule has 1 unspecified atom stereocenters. The molecule has 0 bridgehead atoms. The predicted molar refractivity (Wildman–Crippen MR) is 99.2 cm³/mol. The molecule has 0 saturated carbocycles. The van der Waals surface area contributed by atoms with Crippen molar-refractivity contribution in [2.24, 2.45) is 0 Å². The predicted octanol–water partition coefficient (Wildman–Crippen LogP) is 7.63. The summed E-state index contributed by atoms with van der Waals surface area (Å²) in [5, 5.41) is 0. The van der Waals surface area contributed by atoms with E-state index in [4.69, 9.17) is 0 Å². The SMILES string of the molecule is CCCCCC(CCc1ccc(Br)s1)c1ccc(Br)s1. The Morgan fingerprint density at radius 2 is 1.70 bits per heavy atom. The zero-order chi connectivity index (χ0) is 14.4. The molecule has 0 aliphatic carbocycles. The maximum absolute atomic E-state index is 3.60. The first-order valence-corrected chi connectivity index (χ1v) is 10.4. The van der Waals surface area contributed by atoms with E-state index in [1.54, 1.807) is 4.88 Å². The molecule has 0 fully saturated rings. The molecule has 2 rings (SSSR count). The van der Waals surface area contributed by atoms with E-state index in [9.17, 15) is 0 Å². The number of aryl methyl sites for hydroxylation is 1. The Balaban J connectivity index is 1.94. The summed E-state index contributed by atoms with van der Waals surface area (Å²) < 4.78 is 2.50. The van der Waals surface area contributed by atoms with Gasteiger partial charge in [0, 0.05) is 9.75 Å². The number of halogens is 2. The average molecular weight is 436 g/mol. The van der Waals surface area contributed by atoms with Gasteiger partial charge in [0.1, 0.15) is 0 Å². The van der Waals surface area contributed by atoms with E-state index in [1.807, 2.05) is 22.7 Å². The molecule has 110 valence electrons. The molecule has 0 saturated heterocycles. The second kappa shape index (κ2) is 8.72. The van der Waals surface area contributed by atoms with Gasteiger partial charge in [-0.2, -0.15) is 0 Å². The summed E-state index contributed by atoms with van der Waals surface area (Å²) in [7, 11) is 0. The summed E-state index contributed by atoms with van der Waals surface area (Å²) in [6, 6.07) is 8.90. The van der Waals surface area contributed by atoms with Crippen LogP contribution in [0.5, 0.6) is 0 Å². The van der Waals surface area contributed by atoms with Gasteiger partial charge in [0.15, 0.2) is 0 Å². The molecule has 2 aromatic rings. The molecule has 0 N–H and O–H groups in total. The van der Waals surface area contributed by atoms with Crippen LogP contribution in [0.25, 0.3) is 0 Å². The first kappa shape index (κ1) is 16.7. The first-order chi connectivity index (χ1) is 9.69. The van der Waals surface area contributed by atoms with Crippen molar-refractivity contribution < 1.29 is 0 Å². The standard InChI is InChI=1S/C16H20Br2S2/c1-2-3-4-5-12(14-9-11-16(18)20-14)6-7-13-8-10-15(17)19-13/h8-12H,2-7H2,1H3. The summed E-state index contributed by atoms with van der Waals surface area (Å²) in [5.41, 5.74) is 0. The van der Waals surface area contributed by atoms with Crippen LogP contribution < -0.4 is 0 Å². The summed E-state index contributed by atoms with van der Waals surface area (Å²) in [6.45, 7) is 2.28. The Hall–Kier alpha value is 0.360. The highest BCUT2D eigenvalue weighted by Crippen LogP contribution is 2.35. The van der Waals surface area contributed by atoms with Crippen LogP contribution in [-0.2, 0) is 6.42 Å². The maximum Gasteiger partial charge on any atom is 0.0701 e. The smallest absolute Gasteiger partial charge is 0.0701 e. The molecule has 0 aliphatic heterocycles. The van der Waals surface area contributed by atoms with Crippen LogP contribution >= 0.6 is 54.5 Å². The Kier molecular flexibility index (Phi) is 7.29. The number of rotatable bonds is 8. The Bertz CT molecular complexity index is 516. The van der Waals surface area contributed by atoms with E-state index in [-0.39, 0.29) is 0 Å². The molecule has 0 aliphatic rings. The van der Waals surface area contributed by atoms with Crippen LogP contribution in [0.15, 0.2) is 31.8 Å². The topological polar surface area (TPSA) is 0 Å². The van der Waals surface area contributed by atoms with Crippen molar-refractivity contribution in [1.82, 2.24) is 0 Å². The molecule has 0 aromatic carbocycles. The van der Waals surface area contributed by atoms with Gasteiger partial charge in [-0.1, -0.05) is 26.2 Å². The zero-order valence-corrected chi connectivity index (χ0v) is 16.5. The molecule has 20 heavy (non-hydrogen) atoms. The van der Waals surface area contributed by atoms with Gasteiger partial charge in [-0.15, -0.1) is 22.7 Å². The fraction of sp³-hybridized carbons (Fsp3) is 0.500. The van der Waals surface area contributed by atoms with Gasteiger partial charge in [0.2, 0.25) is 0 Å². The molecule has 0 nitrogen and oxygen atoms in total. The number of hydrogen-bond donors (Lipinski definition) is 0. The lowest BCUT2D eigenvalue weighted by Crippen LogP contribution is -1.98. The highest BCUT2D eigenvalue weighted by Gasteiger charge is 2.14. The molecule has 0 spiro atoms. The minimum atomic E-state index is 0.721. The lowest BCUT2D eigenvalue weighted by Gasteiger charge is -2.14. The summed E-state index contributed by atoms with van der Waals surface area (Å²) in [4.78, 5) is 3.04. The van der Waals surface area contributed by atoms with Crippen molar-refractivity contribution in [1.29, 1.82) is 0 Å². The van der Waals surface area contributed by atoms with Gasteiger partial charge in [-0.3, -0.25) is 0 Å². The van der Waals surface area contributed by atoms with Gasteiger partial charge < -0.3 is 0 Å². The Labute approximate surface area is 146 Å². The monoisotopic (exact) mass is 434 g/mol. The zero-order valence-electron chi connectivity index (χ0n) is 11.7. The Morgan fingerprint density at radius 1 is 0.950 bits per heavy atom. The quantitative estimate of drug-likeness (QED) is 0.373. The van der Waals surface area contributed by atoms with Gasteiger partial charge >= 0.3 is 0 Å². The molecule has 0 radical (unpaired) electrons. The van der Waals surface area contributed by atoms with Crippen LogP contribution in [0.3, 0.4) is 0 Å². The van der Waals surface area contributed by atoms with Crippen LogP contribution in [-0.4, -0.2) is 0 Å². The number of unbranched alkanes of at least 4 members (excludes halogenated alkanes) is 2. The van der Waals surface area contributed by atoms with Crippen LogP contribution in [0.2, 0.25) is 0 Å². The fourth-order valence-corrected chi connectivity index (χ4v) is 5.51. The van der Waals surface area contributed by atoms with Crippen molar-refractivity contribution in [3.8, 4) is 0 Å². The molecule has 2 aromatic heterocycles. The van der Waals surface area contributed by atoms with Gasteiger partial charge in [-0.05, 0) is 81.3 Å². The second-order valence-electron chi connectivity index (χ2n) is 5.08. The second-order valence-corrected chi connectivity index (χ2v) is 10.1. The van der Waals surface area contributed by atoms with E-state index >= 15 is 0 Å². The number of hydrogen-bond acceptors (Lipinski definition) is 2. The van der Waals surface area contributed by atoms with Crippen molar-refractivity contribution in [3.63, 3.8) is 0 Å². The third kappa shape index (κ3) is 5.28. The van der Waals surface area contributed by atoms with E-state index in [2.05, 4.69) is 63.0 Å². The molecular formula is C16H20Br2S2. The highest BCUT2D eigenvalue weighted by atomic mass is 79.9. The molecule has 0 amide bonds. The van der Waals surface area contributed by atoms with Crippen LogP contribution in [0, 0.1) is 0 Å². The lowest BCUT2D eigenvalue weighted by atomic mass is 9.94. The van der Waals surface area contributed by atoms with Crippen molar-refractivity contribution >= 4 is 54.5 Å². The number of thiophene rings is 2. The minimum absolute atomic E-state index is 0.721. The molecule has 2 heterocycles. The highest BCUT2D eigenvalue weighted by molar-refractivity contribution is 9.11. The summed E-state index contributed by atoms with van der Waals surface area (Å²) in [6.07, 6.45) is 7.80. The summed E-state index contributed by atoms with van der Waals surface area (Å²) >= 11 is 10.9. The minimum Gasteiger partial charge on any atom is -0.133 e. The fourth-order valence-electron chi connectivity index (χ4n) is 2.42. The van der Waals surface area contributed by atoms with Gasteiger partial charge in [-0.25, -0.2) is 0 Å². The van der Waals surface area contributed by atoms with Crippen molar-refractivity contribution in [2.45, 2.75) is 51.4 Å². The molecular weight excluding hydrogens is 416 g/mol. The molecule has 4 heteroatoms. The van der Waals surface area contributed by atoms with E-state index in [0.29, 0.717) is 0 Å². The normalized spacial score (nSPS) is 12.8. The van der Waals surface area contributed by atoms with E-state index in [1.165, 1.54) is 51.0 Å². The Morgan fingerprint density at radius 3 is 2.30 bits per heavy atom. The van der Waals surface area contributed by atoms with E-state index < -0.39 is 0 Å². The van der Waals surface area contributed by atoms with E-state index in [0.717, 1.165) is 5.92 Å². The van der Waals surface area contributed by atoms with Crippen molar-refractivity contribution in [2.75, 3.05) is 0 Å². The third-order valence-corrected chi connectivity index (χ3v) is 6.99.